The van der Waals surface area contributed by atoms with Gasteiger partial charge in [0.05, 0.1) is 5.69 Å². The molecule has 0 radical (unpaired) electrons. The molecule has 0 saturated carbocycles. The third-order valence-electron chi connectivity index (χ3n) is 5.26. The minimum atomic E-state index is 0.598. The highest BCUT2D eigenvalue weighted by molar-refractivity contribution is 5.93. The van der Waals surface area contributed by atoms with E-state index in [1.165, 1.54) is 53.5 Å². The summed E-state index contributed by atoms with van der Waals surface area (Å²) in [6, 6.07) is 7.11. The van der Waals surface area contributed by atoms with Crippen molar-refractivity contribution in [3.05, 3.63) is 41.7 Å². The number of aromatic nitrogens is 3. The fourth-order valence-corrected chi connectivity index (χ4v) is 4.27. The minimum absolute atomic E-state index is 0.598. The van der Waals surface area contributed by atoms with Crippen LogP contribution in [0.5, 0.6) is 0 Å². The molecule has 2 aromatic heterocycles. The molecule has 126 valence electrons. The molecule has 1 aliphatic carbocycles. The number of H-pyrrole nitrogens is 2. The average molecular weight is 322 g/mol. The second-order valence-corrected chi connectivity index (χ2v) is 6.90. The lowest BCUT2D eigenvalue weighted by Crippen LogP contribution is -2.41. The van der Waals surface area contributed by atoms with E-state index in [-0.39, 0.29) is 0 Å². The summed E-state index contributed by atoms with van der Waals surface area (Å²) in [4.78, 5) is 6.16. The van der Waals surface area contributed by atoms with Gasteiger partial charge in [-0.3, -0.25) is 10.00 Å². The van der Waals surface area contributed by atoms with Crippen LogP contribution in [-0.4, -0.2) is 39.2 Å². The topological polar surface area (TPSA) is 47.7 Å². The van der Waals surface area contributed by atoms with Crippen molar-refractivity contribution in [3.63, 3.8) is 0 Å². The highest BCUT2D eigenvalue weighted by Crippen LogP contribution is 2.37. The van der Waals surface area contributed by atoms with Crippen LogP contribution in [0.2, 0.25) is 0 Å². The zero-order chi connectivity index (χ0) is 16.5. The van der Waals surface area contributed by atoms with E-state index in [0.29, 0.717) is 6.04 Å². The number of nitrogens with zero attached hydrogens (tertiary/aromatic N) is 2. The molecule has 2 N–H and O–H groups in total. The molecule has 1 aromatic carbocycles. The lowest BCUT2D eigenvalue weighted by molar-refractivity contribution is 0.192. The monoisotopic (exact) mass is 322 g/mol. The smallest absolute Gasteiger partial charge is 0.0653 e. The maximum absolute atomic E-state index is 4.15. The molecule has 1 atom stereocenters. The van der Waals surface area contributed by atoms with Gasteiger partial charge in [0.15, 0.2) is 0 Å². The van der Waals surface area contributed by atoms with Crippen molar-refractivity contribution >= 4 is 10.9 Å². The molecule has 0 saturated heterocycles. The molecule has 2 heterocycles. The Morgan fingerprint density at radius 1 is 1.12 bits per heavy atom. The van der Waals surface area contributed by atoms with Crippen LogP contribution in [-0.2, 0) is 12.8 Å². The average Bonchev–Trinajstić information content (AvgIpc) is 3.26. The highest BCUT2D eigenvalue weighted by Gasteiger charge is 2.28. The summed E-state index contributed by atoms with van der Waals surface area (Å²) < 4.78 is 0. The van der Waals surface area contributed by atoms with Gasteiger partial charge in [-0.25, -0.2) is 0 Å². The van der Waals surface area contributed by atoms with Crippen molar-refractivity contribution in [1.29, 1.82) is 0 Å². The van der Waals surface area contributed by atoms with Crippen LogP contribution >= 0.6 is 0 Å². The van der Waals surface area contributed by atoms with Crippen molar-refractivity contribution in [2.75, 3.05) is 13.1 Å². The van der Waals surface area contributed by atoms with Gasteiger partial charge in [0.2, 0.25) is 0 Å². The van der Waals surface area contributed by atoms with Crippen LogP contribution in [0.3, 0.4) is 0 Å². The fourth-order valence-electron chi connectivity index (χ4n) is 4.27. The van der Waals surface area contributed by atoms with Crippen LogP contribution in [0.4, 0.5) is 0 Å². The predicted octanol–water partition coefficient (Wildman–Crippen LogP) is 4.15. The van der Waals surface area contributed by atoms with E-state index in [1.54, 1.807) is 0 Å². The van der Waals surface area contributed by atoms with Gasteiger partial charge >= 0.3 is 0 Å². The SMILES string of the molecule is CCCN(CCC)[C@H]1Cc2c[nH]c3ccc(-c4ccn[nH]4)c(c23)C1. The highest BCUT2D eigenvalue weighted by atomic mass is 15.1. The van der Waals surface area contributed by atoms with Gasteiger partial charge in [-0.2, -0.15) is 5.10 Å². The van der Waals surface area contributed by atoms with Gasteiger partial charge in [0.1, 0.15) is 0 Å². The van der Waals surface area contributed by atoms with Crippen LogP contribution in [0, 0.1) is 0 Å². The van der Waals surface area contributed by atoms with Crippen LogP contribution in [0.15, 0.2) is 30.6 Å². The molecule has 4 heteroatoms. The Hall–Kier alpha value is -2.07. The van der Waals surface area contributed by atoms with Crippen molar-refractivity contribution < 1.29 is 0 Å². The van der Waals surface area contributed by atoms with Crippen LogP contribution in [0.25, 0.3) is 22.2 Å². The van der Waals surface area contributed by atoms with E-state index in [0.717, 1.165) is 18.5 Å². The molecule has 0 bridgehead atoms. The Balaban J connectivity index is 1.78. The first-order chi connectivity index (χ1) is 11.8. The van der Waals surface area contributed by atoms with Gasteiger partial charge in [-0.05, 0) is 62.0 Å². The third kappa shape index (κ3) is 2.55. The lowest BCUT2D eigenvalue weighted by atomic mass is 9.84. The fraction of sp³-hybridized carbons (Fsp3) is 0.450. The number of hydrogen-bond acceptors (Lipinski definition) is 2. The molecule has 4 rings (SSSR count). The van der Waals surface area contributed by atoms with Crippen molar-refractivity contribution in [2.24, 2.45) is 0 Å². The van der Waals surface area contributed by atoms with Crippen molar-refractivity contribution in [3.8, 4) is 11.3 Å². The van der Waals surface area contributed by atoms with E-state index in [1.807, 2.05) is 6.20 Å². The van der Waals surface area contributed by atoms with E-state index in [9.17, 15) is 0 Å². The molecule has 0 fully saturated rings. The Bertz CT molecular complexity index is 810. The Morgan fingerprint density at radius 2 is 1.96 bits per heavy atom. The quantitative estimate of drug-likeness (QED) is 0.716. The van der Waals surface area contributed by atoms with E-state index in [2.05, 4.69) is 58.3 Å². The molecule has 0 spiro atoms. The molecular formula is C20H26N4. The molecule has 0 amide bonds. The van der Waals surface area contributed by atoms with Gasteiger partial charge in [-0.1, -0.05) is 19.9 Å². The summed E-state index contributed by atoms with van der Waals surface area (Å²) in [5.74, 6) is 0. The second kappa shape index (κ2) is 6.44. The van der Waals surface area contributed by atoms with Gasteiger partial charge in [0, 0.05) is 34.9 Å². The Morgan fingerprint density at radius 3 is 2.67 bits per heavy atom. The number of aromatic amines is 2. The van der Waals surface area contributed by atoms with Gasteiger partial charge in [0.25, 0.3) is 0 Å². The number of nitrogens with one attached hydrogen (secondary N) is 2. The standard InChI is InChI=1S/C20H26N4/c1-3-9-24(10-4-2)15-11-14-13-21-19-6-5-16(17(12-15)20(14)19)18-7-8-22-23-18/h5-8,13,15,21H,3-4,9-12H2,1-2H3,(H,22,23)/t15-/m0/s1. The summed E-state index contributed by atoms with van der Waals surface area (Å²) in [5, 5.41) is 8.74. The Kier molecular flexibility index (Phi) is 4.15. The molecule has 3 aromatic rings. The van der Waals surface area contributed by atoms with E-state index >= 15 is 0 Å². The largest absolute Gasteiger partial charge is 0.361 e. The van der Waals surface area contributed by atoms with Gasteiger partial charge < -0.3 is 4.98 Å². The number of benzene rings is 1. The summed E-state index contributed by atoms with van der Waals surface area (Å²) in [5.41, 5.74) is 6.63. The molecular weight excluding hydrogens is 296 g/mol. The summed E-state index contributed by atoms with van der Waals surface area (Å²) in [6.07, 6.45) is 8.76. The third-order valence-corrected chi connectivity index (χ3v) is 5.26. The van der Waals surface area contributed by atoms with Crippen molar-refractivity contribution in [2.45, 2.75) is 45.6 Å². The molecule has 4 nitrogen and oxygen atoms in total. The van der Waals surface area contributed by atoms with Crippen LogP contribution in [0.1, 0.15) is 37.8 Å². The van der Waals surface area contributed by atoms with E-state index in [4.69, 9.17) is 0 Å². The normalized spacial score (nSPS) is 17.0. The maximum Gasteiger partial charge on any atom is 0.0653 e. The zero-order valence-electron chi connectivity index (χ0n) is 14.6. The number of hydrogen-bond donors (Lipinski definition) is 2. The maximum atomic E-state index is 4.15. The summed E-state index contributed by atoms with van der Waals surface area (Å²) in [6.45, 7) is 6.94. The lowest BCUT2D eigenvalue weighted by Gasteiger charge is -2.34. The summed E-state index contributed by atoms with van der Waals surface area (Å²) >= 11 is 0. The Labute approximate surface area is 143 Å². The predicted molar refractivity (Wildman–Crippen MR) is 99.2 cm³/mol. The van der Waals surface area contributed by atoms with Crippen LogP contribution < -0.4 is 0 Å². The molecule has 0 unspecified atom stereocenters. The minimum Gasteiger partial charge on any atom is -0.361 e. The molecule has 24 heavy (non-hydrogen) atoms. The van der Waals surface area contributed by atoms with Gasteiger partial charge in [-0.15, -0.1) is 0 Å². The van der Waals surface area contributed by atoms with E-state index < -0.39 is 0 Å². The molecule has 0 aliphatic heterocycles. The summed E-state index contributed by atoms with van der Waals surface area (Å²) in [7, 11) is 0. The van der Waals surface area contributed by atoms with Crippen molar-refractivity contribution in [1.82, 2.24) is 20.1 Å². The number of rotatable bonds is 6. The zero-order valence-corrected chi connectivity index (χ0v) is 14.6. The molecule has 1 aliphatic rings. The first-order valence-electron chi connectivity index (χ1n) is 9.17. The first-order valence-corrected chi connectivity index (χ1v) is 9.17. The first kappa shape index (κ1) is 15.5. The second-order valence-electron chi connectivity index (χ2n) is 6.90.